The number of hydrogen-bond acceptors (Lipinski definition) is 4. The zero-order valence-electron chi connectivity index (χ0n) is 15.6. The van der Waals surface area contributed by atoms with E-state index in [1.165, 1.54) is 6.07 Å². The Bertz CT molecular complexity index is 953. The van der Waals surface area contributed by atoms with Gasteiger partial charge in [0.25, 0.3) is 0 Å². The molecule has 1 fully saturated rings. The van der Waals surface area contributed by atoms with Crippen LogP contribution < -0.4 is 10.2 Å². The maximum Gasteiger partial charge on any atom is 0.133 e. The van der Waals surface area contributed by atoms with Gasteiger partial charge >= 0.3 is 0 Å². The van der Waals surface area contributed by atoms with Gasteiger partial charge in [0.15, 0.2) is 0 Å². The summed E-state index contributed by atoms with van der Waals surface area (Å²) in [7, 11) is 0. The average Bonchev–Trinajstić information content (AvgIpc) is 3.28. The van der Waals surface area contributed by atoms with Gasteiger partial charge in [0.05, 0.1) is 17.9 Å². The summed E-state index contributed by atoms with van der Waals surface area (Å²) in [5, 5.41) is 12.4. The highest BCUT2D eigenvalue weighted by Gasteiger charge is 2.19. The molecule has 5 heteroatoms. The first-order valence-corrected chi connectivity index (χ1v) is 9.54. The Balaban J connectivity index is 1.30. The lowest BCUT2D eigenvalue weighted by Crippen LogP contribution is -2.42. The van der Waals surface area contributed by atoms with Crippen LogP contribution in [0, 0.1) is 17.1 Å². The number of halogens is 1. The van der Waals surface area contributed by atoms with Crippen LogP contribution in [0.3, 0.4) is 0 Å². The minimum absolute atomic E-state index is 0.212. The summed E-state index contributed by atoms with van der Waals surface area (Å²) in [6, 6.07) is 19.1. The van der Waals surface area contributed by atoms with Crippen LogP contribution in [-0.2, 0) is 6.54 Å². The van der Waals surface area contributed by atoms with Crippen molar-refractivity contribution in [3.63, 3.8) is 0 Å². The van der Waals surface area contributed by atoms with E-state index in [1.807, 2.05) is 42.5 Å². The lowest BCUT2D eigenvalue weighted by molar-refractivity contribution is 0.410. The second-order valence-electron chi connectivity index (χ2n) is 7.08. The van der Waals surface area contributed by atoms with Crippen LogP contribution in [0.4, 0.5) is 10.1 Å². The lowest BCUT2D eigenvalue weighted by Gasteiger charge is -2.34. The highest BCUT2D eigenvalue weighted by molar-refractivity contribution is 5.57. The quantitative estimate of drug-likeness (QED) is 0.701. The number of furan rings is 1. The van der Waals surface area contributed by atoms with Gasteiger partial charge in [-0.15, -0.1) is 0 Å². The molecule has 0 unspecified atom stereocenters. The first-order chi connectivity index (χ1) is 13.7. The van der Waals surface area contributed by atoms with Gasteiger partial charge in [-0.2, -0.15) is 5.26 Å². The summed E-state index contributed by atoms with van der Waals surface area (Å²) in [4.78, 5) is 2.33. The molecule has 0 aliphatic carbocycles. The van der Waals surface area contributed by atoms with Crippen molar-refractivity contribution in [3.8, 4) is 17.4 Å². The van der Waals surface area contributed by atoms with Gasteiger partial charge in [-0.1, -0.05) is 12.1 Å². The minimum Gasteiger partial charge on any atom is -0.464 e. The summed E-state index contributed by atoms with van der Waals surface area (Å²) in [6.45, 7) is 2.42. The normalized spacial score (nSPS) is 14.8. The monoisotopic (exact) mass is 375 g/mol. The number of rotatable bonds is 5. The molecule has 2 aromatic carbocycles. The maximum absolute atomic E-state index is 14.4. The molecule has 1 aromatic heterocycles. The maximum atomic E-state index is 14.4. The van der Waals surface area contributed by atoms with Crippen molar-refractivity contribution in [2.45, 2.75) is 25.4 Å². The van der Waals surface area contributed by atoms with E-state index in [1.54, 1.807) is 12.3 Å². The van der Waals surface area contributed by atoms with E-state index >= 15 is 0 Å². The number of nitrogens with one attached hydrogen (secondary N) is 1. The van der Waals surface area contributed by atoms with Crippen molar-refractivity contribution in [2.75, 3.05) is 18.0 Å². The molecule has 0 spiro atoms. The SMILES string of the molecule is N#Cc1ccc(N2CCC(NCc3ccc(-c4ccco4)cc3F)CC2)cc1. The van der Waals surface area contributed by atoms with E-state index in [2.05, 4.69) is 16.3 Å². The number of piperidine rings is 1. The van der Waals surface area contributed by atoms with E-state index in [-0.39, 0.29) is 5.82 Å². The third kappa shape index (κ3) is 4.08. The molecule has 1 saturated heterocycles. The molecule has 0 bridgehead atoms. The van der Waals surface area contributed by atoms with E-state index in [9.17, 15) is 4.39 Å². The van der Waals surface area contributed by atoms with Gasteiger partial charge in [0, 0.05) is 42.5 Å². The first kappa shape index (κ1) is 18.3. The van der Waals surface area contributed by atoms with Crippen molar-refractivity contribution in [1.29, 1.82) is 5.26 Å². The topological polar surface area (TPSA) is 52.2 Å². The molecule has 0 radical (unpaired) electrons. The number of anilines is 1. The van der Waals surface area contributed by atoms with Crippen molar-refractivity contribution in [2.24, 2.45) is 0 Å². The third-order valence-electron chi connectivity index (χ3n) is 5.30. The predicted octanol–water partition coefficient (Wildman–Crippen LogP) is 4.72. The highest BCUT2D eigenvalue weighted by atomic mass is 19.1. The Morgan fingerprint density at radius 1 is 1.11 bits per heavy atom. The molecule has 1 aliphatic heterocycles. The summed E-state index contributed by atoms with van der Waals surface area (Å²) in [6.07, 6.45) is 3.60. The van der Waals surface area contributed by atoms with E-state index in [4.69, 9.17) is 9.68 Å². The Morgan fingerprint density at radius 2 is 1.89 bits per heavy atom. The van der Waals surface area contributed by atoms with Crippen LogP contribution in [0.1, 0.15) is 24.0 Å². The fourth-order valence-corrected chi connectivity index (χ4v) is 3.63. The average molecular weight is 375 g/mol. The second-order valence-corrected chi connectivity index (χ2v) is 7.08. The highest BCUT2D eigenvalue weighted by Crippen LogP contribution is 2.23. The lowest BCUT2D eigenvalue weighted by atomic mass is 10.0. The summed E-state index contributed by atoms with van der Waals surface area (Å²) in [5.41, 5.74) is 3.25. The van der Waals surface area contributed by atoms with Gasteiger partial charge in [-0.25, -0.2) is 4.39 Å². The Morgan fingerprint density at radius 3 is 2.54 bits per heavy atom. The Labute approximate surface area is 164 Å². The van der Waals surface area contributed by atoms with Crippen LogP contribution in [0.5, 0.6) is 0 Å². The van der Waals surface area contributed by atoms with E-state index in [0.29, 0.717) is 29.5 Å². The molecule has 0 amide bonds. The largest absolute Gasteiger partial charge is 0.464 e. The smallest absolute Gasteiger partial charge is 0.133 e. The van der Waals surface area contributed by atoms with Gasteiger partial charge < -0.3 is 14.6 Å². The molecule has 28 heavy (non-hydrogen) atoms. The summed E-state index contributed by atoms with van der Waals surface area (Å²) < 4.78 is 19.8. The number of nitriles is 1. The van der Waals surface area contributed by atoms with Gasteiger partial charge in [-0.3, -0.25) is 0 Å². The van der Waals surface area contributed by atoms with Crippen molar-refractivity contribution >= 4 is 5.69 Å². The molecule has 4 rings (SSSR count). The number of benzene rings is 2. The van der Waals surface area contributed by atoms with Crippen molar-refractivity contribution in [1.82, 2.24) is 5.32 Å². The van der Waals surface area contributed by atoms with Crippen molar-refractivity contribution in [3.05, 3.63) is 77.8 Å². The van der Waals surface area contributed by atoms with Crippen LogP contribution in [0.2, 0.25) is 0 Å². The summed E-state index contributed by atoms with van der Waals surface area (Å²) in [5.74, 6) is 0.463. The molecule has 0 saturated carbocycles. The zero-order chi connectivity index (χ0) is 19.3. The standard InChI is InChI=1S/C23H22FN3O/c24-22-14-18(23-2-1-13-28-23)5-6-19(22)16-26-20-9-11-27(12-10-20)21-7-3-17(15-25)4-8-21/h1-8,13-14,20,26H,9-12,16H2. The Kier molecular flexibility index (Phi) is 5.41. The van der Waals surface area contributed by atoms with E-state index < -0.39 is 0 Å². The van der Waals surface area contributed by atoms with Crippen LogP contribution in [0.15, 0.2) is 65.3 Å². The van der Waals surface area contributed by atoms with Crippen molar-refractivity contribution < 1.29 is 8.81 Å². The zero-order valence-corrected chi connectivity index (χ0v) is 15.6. The van der Waals surface area contributed by atoms with Gasteiger partial charge in [0.2, 0.25) is 0 Å². The number of hydrogen-bond donors (Lipinski definition) is 1. The molecule has 2 heterocycles. The van der Waals surface area contributed by atoms with E-state index in [0.717, 1.165) is 37.2 Å². The molecule has 4 nitrogen and oxygen atoms in total. The van der Waals surface area contributed by atoms with Crippen LogP contribution in [0.25, 0.3) is 11.3 Å². The van der Waals surface area contributed by atoms with Gasteiger partial charge in [0.1, 0.15) is 11.6 Å². The Hall–Kier alpha value is -3.10. The van der Waals surface area contributed by atoms with Gasteiger partial charge in [-0.05, 0) is 55.3 Å². The molecule has 0 atom stereocenters. The second kappa shape index (κ2) is 8.28. The number of nitrogens with zero attached hydrogens (tertiary/aromatic N) is 2. The minimum atomic E-state index is -0.212. The predicted molar refractivity (Wildman–Crippen MR) is 107 cm³/mol. The molecule has 142 valence electrons. The fraction of sp³-hybridized carbons (Fsp3) is 0.261. The molecular formula is C23H22FN3O. The summed E-state index contributed by atoms with van der Waals surface area (Å²) >= 11 is 0. The molecule has 1 N–H and O–H groups in total. The van der Waals surface area contributed by atoms with Crippen LogP contribution >= 0.6 is 0 Å². The molecule has 3 aromatic rings. The third-order valence-corrected chi connectivity index (χ3v) is 5.30. The molecular weight excluding hydrogens is 353 g/mol. The van der Waals surface area contributed by atoms with Crippen LogP contribution in [-0.4, -0.2) is 19.1 Å². The first-order valence-electron chi connectivity index (χ1n) is 9.54. The molecule has 1 aliphatic rings. The fourth-order valence-electron chi connectivity index (χ4n) is 3.63.